The van der Waals surface area contributed by atoms with Gasteiger partial charge in [-0.25, -0.2) is 9.34 Å². The van der Waals surface area contributed by atoms with E-state index in [1.165, 1.54) is 0 Å². The third kappa shape index (κ3) is 6.22. The first-order chi connectivity index (χ1) is 9.23. The average Bonchev–Trinajstić information content (AvgIpc) is 2.26. The predicted octanol–water partition coefficient (Wildman–Crippen LogP) is 5.04. The summed E-state index contributed by atoms with van der Waals surface area (Å²) in [5, 5.41) is 0. The van der Waals surface area contributed by atoms with Crippen LogP contribution in [0.15, 0.2) is 12.2 Å². The molecule has 0 aliphatic rings. The second-order valence-corrected chi connectivity index (χ2v) is 7.94. The minimum atomic E-state index is -0.742. The zero-order chi connectivity index (χ0) is 15.9. The summed E-state index contributed by atoms with van der Waals surface area (Å²) < 4.78 is 11.3. The molecule has 0 radical (unpaired) electrons. The Bertz CT molecular complexity index is 242. The number of hydrogen-bond donors (Lipinski definition) is 0. The zero-order valence-corrected chi connectivity index (χ0v) is 15.8. The maximum atomic E-state index is 6.28. The van der Waals surface area contributed by atoms with Gasteiger partial charge in [-0.3, -0.25) is 0 Å². The van der Waals surface area contributed by atoms with Gasteiger partial charge in [-0.1, -0.05) is 12.2 Å². The van der Waals surface area contributed by atoms with Crippen LogP contribution in [-0.2, 0) is 4.52 Å². The number of rotatable bonds is 9. The van der Waals surface area contributed by atoms with E-state index < -0.39 is 8.45 Å². The lowest BCUT2D eigenvalue weighted by Crippen LogP contribution is -2.43. The zero-order valence-electron chi connectivity index (χ0n) is 14.9. The largest absolute Gasteiger partial charge is 0.327 e. The molecule has 0 aromatic carbocycles. The van der Waals surface area contributed by atoms with Crippen molar-refractivity contribution in [1.82, 2.24) is 9.34 Å². The molecule has 3 nitrogen and oxygen atoms in total. The van der Waals surface area contributed by atoms with E-state index in [0.29, 0.717) is 30.8 Å². The van der Waals surface area contributed by atoms with Crippen molar-refractivity contribution in [2.45, 2.75) is 86.5 Å². The van der Waals surface area contributed by atoms with Gasteiger partial charge in [0.2, 0.25) is 0 Å². The highest BCUT2D eigenvalue weighted by atomic mass is 31.2. The molecule has 0 aromatic heterocycles. The van der Waals surface area contributed by atoms with Gasteiger partial charge in [0, 0.05) is 24.2 Å². The summed E-state index contributed by atoms with van der Waals surface area (Å²) in [5.41, 5.74) is 0. The first-order valence-electron chi connectivity index (χ1n) is 7.84. The third-order valence-corrected chi connectivity index (χ3v) is 6.05. The molecule has 0 N–H and O–H groups in total. The maximum Gasteiger partial charge on any atom is 0.189 e. The predicted molar refractivity (Wildman–Crippen MR) is 91.9 cm³/mol. The molecule has 120 valence electrons. The van der Waals surface area contributed by atoms with Crippen molar-refractivity contribution in [1.29, 1.82) is 0 Å². The monoisotopic (exact) mass is 302 g/mol. The van der Waals surface area contributed by atoms with E-state index in [9.17, 15) is 0 Å². The van der Waals surface area contributed by atoms with Gasteiger partial charge in [0.05, 0.1) is 6.61 Å². The Balaban J connectivity index is 5.30. The molecular formula is C16H35N2OP. The molecule has 0 saturated heterocycles. The van der Waals surface area contributed by atoms with Crippen LogP contribution in [0.4, 0.5) is 0 Å². The summed E-state index contributed by atoms with van der Waals surface area (Å²) in [6, 6.07) is 1.91. The quantitative estimate of drug-likeness (QED) is 0.438. The molecule has 0 unspecified atom stereocenters. The van der Waals surface area contributed by atoms with E-state index in [1.807, 2.05) is 6.92 Å². The molecule has 20 heavy (non-hydrogen) atoms. The number of hydrogen-bond acceptors (Lipinski definition) is 3. The number of allylic oxidation sites excluding steroid dienone is 1. The molecule has 0 aliphatic heterocycles. The van der Waals surface area contributed by atoms with E-state index in [0.717, 1.165) is 0 Å². The highest BCUT2D eigenvalue weighted by Crippen LogP contribution is 2.50. The standard InChI is InChI=1S/C16H35N2OP/c1-10-11-12-19-20(17(13(2)3)14(4)5)18(15(6)7)16(8)9/h10-11,13-16H,12H2,1-9H3. The highest BCUT2D eigenvalue weighted by molar-refractivity contribution is 7.47. The molecule has 0 heterocycles. The molecule has 0 amide bonds. The molecule has 0 spiro atoms. The molecule has 0 atom stereocenters. The van der Waals surface area contributed by atoms with Crippen molar-refractivity contribution < 1.29 is 4.52 Å². The summed E-state index contributed by atoms with van der Waals surface area (Å²) in [7, 11) is -0.742. The topological polar surface area (TPSA) is 15.7 Å². The van der Waals surface area contributed by atoms with Crippen LogP contribution in [0.1, 0.15) is 62.3 Å². The molecule has 4 heteroatoms. The van der Waals surface area contributed by atoms with E-state index >= 15 is 0 Å². The third-order valence-electron chi connectivity index (χ3n) is 3.03. The molecule has 0 rings (SSSR count). The van der Waals surface area contributed by atoms with E-state index in [-0.39, 0.29) is 0 Å². The van der Waals surface area contributed by atoms with Crippen LogP contribution >= 0.6 is 8.45 Å². The van der Waals surface area contributed by atoms with Crippen molar-refractivity contribution in [2.24, 2.45) is 0 Å². The van der Waals surface area contributed by atoms with Crippen LogP contribution < -0.4 is 0 Å². The average molecular weight is 302 g/mol. The summed E-state index contributed by atoms with van der Waals surface area (Å²) >= 11 is 0. The highest BCUT2D eigenvalue weighted by Gasteiger charge is 2.33. The van der Waals surface area contributed by atoms with Crippen LogP contribution in [0.3, 0.4) is 0 Å². The lowest BCUT2D eigenvalue weighted by Gasteiger charge is -2.45. The van der Waals surface area contributed by atoms with Gasteiger partial charge >= 0.3 is 0 Å². The van der Waals surface area contributed by atoms with Crippen LogP contribution in [-0.4, -0.2) is 40.1 Å². The Labute approximate surface area is 128 Å². The van der Waals surface area contributed by atoms with Gasteiger partial charge in [-0.15, -0.1) is 0 Å². The molecule has 0 saturated carbocycles. The Morgan fingerprint density at radius 2 is 1.15 bits per heavy atom. The lowest BCUT2D eigenvalue weighted by molar-refractivity contribution is 0.196. The fraction of sp³-hybridized carbons (Fsp3) is 0.875. The minimum absolute atomic E-state index is 0.478. The fourth-order valence-corrected chi connectivity index (χ4v) is 4.75. The molecular weight excluding hydrogens is 267 g/mol. The first-order valence-corrected chi connectivity index (χ1v) is 9.01. The Morgan fingerprint density at radius 1 is 0.800 bits per heavy atom. The van der Waals surface area contributed by atoms with E-state index in [4.69, 9.17) is 4.52 Å². The van der Waals surface area contributed by atoms with Crippen molar-refractivity contribution in [3.05, 3.63) is 12.2 Å². The van der Waals surface area contributed by atoms with Crippen LogP contribution in [0.2, 0.25) is 0 Å². The van der Waals surface area contributed by atoms with Crippen molar-refractivity contribution in [2.75, 3.05) is 6.61 Å². The van der Waals surface area contributed by atoms with Gasteiger partial charge in [0.15, 0.2) is 8.45 Å². The fourth-order valence-electron chi connectivity index (χ4n) is 2.44. The van der Waals surface area contributed by atoms with Gasteiger partial charge < -0.3 is 4.52 Å². The second-order valence-electron chi connectivity index (χ2n) is 6.25. The maximum absolute atomic E-state index is 6.28. The number of nitrogens with zero attached hydrogens (tertiary/aromatic N) is 2. The van der Waals surface area contributed by atoms with Gasteiger partial charge in [-0.05, 0) is 62.3 Å². The molecule has 0 aromatic rings. The van der Waals surface area contributed by atoms with E-state index in [2.05, 4.69) is 76.9 Å². The Morgan fingerprint density at radius 3 is 1.40 bits per heavy atom. The van der Waals surface area contributed by atoms with Gasteiger partial charge in [0.25, 0.3) is 0 Å². The molecule has 0 fully saturated rings. The molecule has 0 bridgehead atoms. The summed E-state index contributed by atoms with van der Waals surface area (Å²) in [4.78, 5) is 0. The summed E-state index contributed by atoms with van der Waals surface area (Å²) in [5.74, 6) is 0. The van der Waals surface area contributed by atoms with Crippen molar-refractivity contribution >= 4 is 8.45 Å². The first kappa shape index (κ1) is 20.1. The van der Waals surface area contributed by atoms with E-state index in [1.54, 1.807) is 0 Å². The summed E-state index contributed by atoms with van der Waals surface area (Å²) in [6.45, 7) is 20.8. The van der Waals surface area contributed by atoms with Crippen LogP contribution in [0.5, 0.6) is 0 Å². The SMILES string of the molecule is CC=CCOP(N(C(C)C)C(C)C)N(C(C)C)C(C)C. The Hall–Kier alpha value is 0.0500. The summed E-state index contributed by atoms with van der Waals surface area (Å²) in [6.07, 6.45) is 4.14. The normalized spacial score (nSPS) is 13.6. The van der Waals surface area contributed by atoms with Crippen molar-refractivity contribution in [3.63, 3.8) is 0 Å². The smallest absolute Gasteiger partial charge is 0.189 e. The molecule has 0 aliphatic carbocycles. The lowest BCUT2D eigenvalue weighted by atomic mass is 10.3. The van der Waals surface area contributed by atoms with Gasteiger partial charge in [0.1, 0.15) is 0 Å². The second kappa shape index (κ2) is 9.89. The van der Waals surface area contributed by atoms with Crippen LogP contribution in [0.25, 0.3) is 0 Å². The van der Waals surface area contributed by atoms with Crippen molar-refractivity contribution in [3.8, 4) is 0 Å². The minimum Gasteiger partial charge on any atom is -0.327 e. The van der Waals surface area contributed by atoms with Crippen LogP contribution in [0, 0.1) is 0 Å². The Kier molecular flexibility index (Phi) is 9.92. The van der Waals surface area contributed by atoms with Gasteiger partial charge in [-0.2, -0.15) is 0 Å².